The number of piperazine rings is 1. The summed E-state index contributed by atoms with van der Waals surface area (Å²) in [6.07, 6.45) is 3.61. The smallest absolute Gasteiger partial charge is 0.323 e. The third kappa shape index (κ3) is 3.76. The first-order valence-corrected chi connectivity index (χ1v) is 8.29. The van der Waals surface area contributed by atoms with Crippen LogP contribution in [-0.4, -0.2) is 71.2 Å². The molecule has 3 atom stereocenters. The van der Waals surface area contributed by atoms with Crippen molar-refractivity contribution < 1.29 is 9.90 Å². The molecule has 21 heavy (non-hydrogen) atoms. The number of hydrogen-bond donors (Lipinski definition) is 2. The average Bonchev–Trinajstić information content (AvgIpc) is 2.41. The molecule has 0 aromatic rings. The van der Waals surface area contributed by atoms with Gasteiger partial charge in [0.1, 0.15) is 5.54 Å². The van der Waals surface area contributed by atoms with Crippen LogP contribution in [-0.2, 0) is 4.79 Å². The molecule has 122 valence electrons. The summed E-state index contributed by atoms with van der Waals surface area (Å²) in [6, 6.07) is 1.15. The topological polar surface area (TPSA) is 55.8 Å². The number of carboxylic acid groups (broad SMARTS) is 1. The Bertz CT molecular complexity index is 375. The normalized spacial score (nSPS) is 36.0. The molecule has 2 aliphatic rings. The lowest BCUT2D eigenvalue weighted by Gasteiger charge is -2.47. The van der Waals surface area contributed by atoms with Crippen molar-refractivity contribution in [1.82, 2.24) is 15.1 Å². The van der Waals surface area contributed by atoms with Gasteiger partial charge in [0.25, 0.3) is 0 Å². The molecule has 0 aromatic heterocycles. The van der Waals surface area contributed by atoms with Crippen LogP contribution in [0.5, 0.6) is 0 Å². The van der Waals surface area contributed by atoms with Gasteiger partial charge in [0.15, 0.2) is 0 Å². The molecule has 1 heterocycles. The van der Waals surface area contributed by atoms with Crippen molar-refractivity contribution in [2.45, 2.75) is 70.1 Å². The highest BCUT2D eigenvalue weighted by Gasteiger charge is 2.45. The molecule has 1 saturated heterocycles. The van der Waals surface area contributed by atoms with Crippen LogP contribution in [0.25, 0.3) is 0 Å². The molecule has 0 bridgehead atoms. The maximum Gasteiger partial charge on any atom is 0.323 e. The lowest BCUT2D eigenvalue weighted by Crippen LogP contribution is -2.62. The van der Waals surface area contributed by atoms with Crippen molar-refractivity contribution in [1.29, 1.82) is 0 Å². The molecule has 0 aromatic carbocycles. The summed E-state index contributed by atoms with van der Waals surface area (Å²) in [5, 5.41) is 13.1. The van der Waals surface area contributed by atoms with Gasteiger partial charge in [-0.2, -0.15) is 0 Å². The SMILES string of the molecule is CC(C)NC1(C(=O)O)CCCC(N2CCN(C)C(C)C2)C1. The molecule has 0 radical (unpaired) electrons. The monoisotopic (exact) mass is 297 g/mol. The molecule has 1 aliphatic carbocycles. The summed E-state index contributed by atoms with van der Waals surface area (Å²) < 4.78 is 0. The highest BCUT2D eigenvalue weighted by Crippen LogP contribution is 2.33. The Morgan fingerprint density at radius 1 is 1.38 bits per heavy atom. The highest BCUT2D eigenvalue weighted by molar-refractivity contribution is 5.79. The third-order valence-corrected chi connectivity index (χ3v) is 5.21. The van der Waals surface area contributed by atoms with Gasteiger partial charge in [-0.1, -0.05) is 0 Å². The number of nitrogens with one attached hydrogen (secondary N) is 1. The van der Waals surface area contributed by atoms with Crippen LogP contribution in [0.15, 0.2) is 0 Å². The van der Waals surface area contributed by atoms with Crippen molar-refractivity contribution in [2.24, 2.45) is 0 Å². The fraction of sp³-hybridized carbons (Fsp3) is 0.938. The van der Waals surface area contributed by atoms with Crippen molar-refractivity contribution in [3.8, 4) is 0 Å². The van der Waals surface area contributed by atoms with Gasteiger partial charge in [0.2, 0.25) is 0 Å². The molecular weight excluding hydrogens is 266 g/mol. The maximum absolute atomic E-state index is 11.9. The molecule has 2 rings (SSSR count). The zero-order chi connectivity index (χ0) is 15.6. The fourth-order valence-corrected chi connectivity index (χ4v) is 3.91. The van der Waals surface area contributed by atoms with Gasteiger partial charge in [-0.05, 0) is 53.5 Å². The molecule has 0 spiro atoms. The summed E-state index contributed by atoms with van der Waals surface area (Å²) in [5.74, 6) is -0.678. The summed E-state index contributed by atoms with van der Waals surface area (Å²) in [5.41, 5.74) is -0.732. The Morgan fingerprint density at radius 3 is 2.67 bits per heavy atom. The van der Waals surface area contributed by atoms with E-state index in [4.69, 9.17) is 0 Å². The second-order valence-electron chi connectivity index (χ2n) is 7.26. The van der Waals surface area contributed by atoms with Crippen LogP contribution in [0.2, 0.25) is 0 Å². The number of likely N-dealkylation sites (N-methyl/N-ethyl adjacent to an activating group) is 1. The number of rotatable bonds is 4. The number of carbonyl (C=O) groups is 1. The van der Waals surface area contributed by atoms with E-state index in [0.29, 0.717) is 12.1 Å². The molecule has 2 N–H and O–H groups in total. The summed E-state index contributed by atoms with van der Waals surface area (Å²) in [6.45, 7) is 9.51. The second kappa shape index (κ2) is 6.63. The van der Waals surface area contributed by atoms with Gasteiger partial charge in [-0.3, -0.25) is 15.0 Å². The molecule has 3 unspecified atom stereocenters. The quantitative estimate of drug-likeness (QED) is 0.821. The van der Waals surface area contributed by atoms with Crippen molar-refractivity contribution in [2.75, 3.05) is 26.7 Å². The van der Waals surface area contributed by atoms with Crippen molar-refractivity contribution in [3.05, 3.63) is 0 Å². The summed E-state index contributed by atoms with van der Waals surface area (Å²) in [4.78, 5) is 16.8. The Kier molecular flexibility index (Phi) is 5.28. The number of aliphatic carboxylic acids is 1. The van der Waals surface area contributed by atoms with Crippen molar-refractivity contribution >= 4 is 5.97 Å². The standard InChI is InChI=1S/C16H31N3O2/c1-12(2)17-16(15(20)21)7-5-6-14(10-16)19-9-8-18(4)13(3)11-19/h12-14,17H,5-11H2,1-4H3,(H,20,21). The zero-order valence-electron chi connectivity index (χ0n) is 13.9. The van der Waals surface area contributed by atoms with Crippen LogP contribution in [0.1, 0.15) is 46.5 Å². The van der Waals surface area contributed by atoms with E-state index in [1.54, 1.807) is 0 Å². The highest BCUT2D eigenvalue weighted by atomic mass is 16.4. The van der Waals surface area contributed by atoms with Crippen LogP contribution in [0.4, 0.5) is 0 Å². The largest absolute Gasteiger partial charge is 0.480 e. The van der Waals surface area contributed by atoms with E-state index in [1.165, 1.54) is 0 Å². The Labute approximate surface area is 128 Å². The lowest BCUT2D eigenvalue weighted by molar-refractivity contribution is -0.148. The van der Waals surface area contributed by atoms with E-state index in [0.717, 1.165) is 45.3 Å². The maximum atomic E-state index is 11.9. The third-order valence-electron chi connectivity index (χ3n) is 5.21. The van der Waals surface area contributed by atoms with Gasteiger partial charge < -0.3 is 10.0 Å². The van der Waals surface area contributed by atoms with Gasteiger partial charge in [0.05, 0.1) is 0 Å². The Hall–Kier alpha value is -0.650. The minimum absolute atomic E-state index is 0.200. The predicted octanol–water partition coefficient (Wildman–Crippen LogP) is 1.39. The van der Waals surface area contributed by atoms with Gasteiger partial charge in [-0.15, -0.1) is 0 Å². The summed E-state index contributed by atoms with van der Waals surface area (Å²) in [7, 11) is 2.17. The number of nitrogens with zero attached hydrogens (tertiary/aromatic N) is 2. The first-order valence-electron chi connectivity index (χ1n) is 8.29. The molecule has 2 fully saturated rings. The second-order valence-corrected chi connectivity index (χ2v) is 7.26. The fourth-order valence-electron chi connectivity index (χ4n) is 3.91. The zero-order valence-corrected chi connectivity index (χ0v) is 13.9. The van der Waals surface area contributed by atoms with E-state index in [-0.39, 0.29) is 6.04 Å². The minimum atomic E-state index is -0.732. The molecular formula is C16H31N3O2. The first kappa shape index (κ1) is 16.7. The predicted molar refractivity (Wildman–Crippen MR) is 84.6 cm³/mol. The van der Waals surface area contributed by atoms with Crippen molar-refractivity contribution in [3.63, 3.8) is 0 Å². The Morgan fingerprint density at radius 2 is 2.10 bits per heavy atom. The van der Waals surface area contributed by atoms with E-state index in [2.05, 4.69) is 29.1 Å². The van der Waals surface area contributed by atoms with Gasteiger partial charge >= 0.3 is 5.97 Å². The van der Waals surface area contributed by atoms with E-state index < -0.39 is 11.5 Å². The summed E-state index contributed by atoms with van der Waals surface area (Å²) >= 11 is 0. The van der Waals surface area contributed by atoms with Gasteiger partial charge in [0, 0.05) is 37.8 Å². The van der Waals surface area contributed by atoms with Crippen LogP contribution >= 0.6 is 0 Å². The van der Waals surface area contributed by atoms with E-state index in [1.807, 2.05) is 13.8 Å². The van der Waals surface area contributed by atoms with E-state index >= 15 is 0 Å². The number of carboxylic acids is 1. The molecule has 0 amide bonds. The molecule has 1 aliphatic heterocycles. The van der Waals surface area contributed by atoms with Gasteiger partial charge in [-0.25, -0.2) is 0 Å². The molecule has 5 nitrogen and oxygen atoms in total. The van der Waals surface area contributed by atoms with E-state index in [9.17, 15) is 9.90 Å². The number of hydrogen-bond acceptors (Lipinski definition) is 4. The average molecular weight is 297 g/mol. The molecule has 1 saturated carbocycles. The first-order chi connectivity index (χ1) is 9.84. The van der Waals surface area contributed by atoms with Crippen LogP contribution in [0, 0.1) is 0 Å². The van der Waals surface area contributed by atoms with Crippen LogP contribution < -0.4 is 5.32 Å². The Balaban J connectivity index is 2.06. The molecule has 5 heteroatoms. The minimum Gasteiger partial charge on any atom is -0.480 e. The van der Waals surface area contributed by atoms with Crippen LogP contribution in [0.3, 0.4) is 0 Å². The lowest BCUT2D eigenvalue weighted by atomic mass is 9.77.